The van der Waals surface area contributed by atoms with Crippen molar-refractivity contribution in [2.24, 2.45) is 0 Å². The van der Waals surface area contributed by atoms with Crippen molar-refractivity contribution in [2.45, 2.75) is 39.3 Å². The molecule has 0 aliphatic rings. The third kappa shape index (κ3) is 5.34. The van der Waals surface area contributed by atoms with Crippen molar-refractivity contribution >= 4 is 17.8 Å². The van der Waals surface area contributed by atoms with Crippen LogP contribution in [-0.2, 0) is 19.5 Å². The fourth-order valence-electron chi connectivity index (χ4n) is 3.59. The van der Waals surface area contributed by atoms with E-state index in [1.54, 1.807) is 30.5 Å². The van der Waals surface area contributed by atoms with Crippen LogP contribution in [0.3, 0.4) is 0 Å². The summed E-state index contributed by atoms with van der Waals surface area (Å²) in [5.41, 5.74) is 2.35. The van der Waals surface area contributed by atoms with Gasteiger partial charge in [-0.15, -0.1) is 5.10 Å². The molecule has 0 aliphatic heterocycles. The minimum absolute atomic E-state index is 0.169. The van der Waals surface area contributed by atoms with E-state index >= 15 is 0 Å². The lowest BCUT2D eigenvalue weighted by molar-refractivity contribution is 0.0696. The number of carboxylic acids is 1. The molecule has 4 rings (SSSR count). The SMILES string of the molecule is CCCCc1nc(C(=O)N(Cc2ccccc2)c2nn[nH]n2)cn1Cc1ccc(C(=O)O)cc1. The maximum Gasteiger partial charge on any atom is 0.335 e. The third-order valence-electron chi connectivity index (χ3n) is 5.39. The number of benzene rings is 2. The van der Waals surface area contributed by atoms with Gasteiger partial charge in [-0.2, -0.15) is 5.21 Å². The molecule has 0 unspecified atom stereocenters. The first-order chi connectivity index (χ1) is 16.5. The zero-order valence-electron chi connectivity index (χ0n) is 18.8. The standard InChI is InChI=1S/C24H25N7O3/c1-2-3-9-21-25-20(16-30(21)14-18-10-12-19(13-11-18)23(33)34)22(32)31(24-26-28-29-27-24)15-17-7-5-4-6-8-17/h4-8,10-13,16H,2-3,9,14-15H2,1H3,(H,33,34)(H,26,27,28,29). The van der Waals surface area contributed by atoms with E-state index < -0.39 is 5.97 Å². The van der Waals surface area contributed by atoms with Gasteiger partial charge in [-0.25, -0.2) is 9.78 Å². The number of carboxylic acid groups (broad SMARTS) is 1. The van der Waals surface area contributed by atoms with Gasteiger partial charge >= 0.3 is 5.97 Å². The zero-order chi connectivity index (χ0) is 23.9. The number of rotatable bonds is 10. The van der Waals surface area contributed by atoms with Crippen molar-refractivity contribution in [1.29, 1.82) is 0 Å². The number of carbonyl (C=O) groups excluding carboxylic acids is 1. The minimum Gasteiger partial charge on any atom is -0.478 e. The molecule has 2 heterocycles. The zero-order valence-corrected chi connectivity index (χ0v) is 18.8. The lowest BCUT2D eigenvalue weighted by Gasteiger charge is -2.17. The molecule has 0 saturated heterocycles. The van der Waals surface area contributed by atoms with Gasteiger partial charge in [0.05, 0.1) is 12.1 Å². The molecule has 2 aromatic heterocycles. The predicted molar refractivity (Wildman–Crippen MR) is 124 cm³/mol. The van der Waals surface area contributed by atoms with Gasteiger partial charge in [0.25, 0.3) is 11.9 Å². The molecule has 0 fully saturated rings. The van der Waals surface area contributed by atoms with Crippen LogP contribution in [0.1, 0.15) is 57.6 Å². The first-order valence-electron chi connectivity index (χ1n) is 11.0. The van der Waals surface area contributed by atoms with E-state index in [1.165, 1.54) is 4.90 Å². The van der Waals surface area contributed by atoms with E-state index in [9.17, 15) is 9.59 Å². The van der Waals surface area contributed by atoms with Crippen LogP contribution in [0.2, 0.25) is 0 Å². The molecule has 2 N–H and O–H groups in total. The number of aryl methyl sites for hydroxylation is 1. The van der Waals surface area contributed by atoms with Crippen molar-refractivity contribution in [3.63, 3.8) is 0 Å². The van der Waals surface area contributed by atoms with Gasteiger partial charge in [0.15, 0.2) is 0 Å². The Kier molecular flexibility index (Phi) is 7.07. The Balaban J connectivity index is 1.63. The second-order valence-corrected chi connectivity index (χ2v) is 7.86. The summed E-state index contributed by atoms with van der Waals surface area (Å²) in [4.78, 5) is 30.8. The van der Waals surface area contributed by atoms with Gasteiger partial charge in [0.2, 0.25) is 0 Å². The molecular formula is C24H25N7O3. The number of H-pyrrole nitrogens is 1. The summed E-state index contributed by atoms with van der Waals surface area (Å²) in [6.45, 7) is 2.84. The van der Waals surface area contributed by atoms with Gasteiger partial charge in [-0.3, -0.25) is 9.69 Å². The number of aromatic carboxylic acids is 1. The van der Waals surface area contributed by atoms with Crippen LogP contribution >= 0.6 is 0 Å². The average Bonchev–Trinajstić information content (AvgIpc) is 3.52. The van der Waals surface area contributed by atoms with Crippen molar-refractivity contribution in [3.05, 3.63) is 89.0 Å². The van der Waals surface area contributed by atoms with E-state index in [2.05, 4.69) is 32.5 Å². The number of nitrogens with one attached hydrogen (secondary N) is 1. The number of anilines is 1. The molecule has 0 spiro atoms. The van der Waals surface area contributed by atoms with Gasteiger partial charge in [0.1, 0.15) is 11.5 Å². The van der Waals surface area contributed by atoms with Crippen LogP contribution in [0.4, 0.5) is 5.95 Å². The number of imidazole rings is 1. The molecule has 0 bridgehead atoms. The molecule has 0 aliphatic carbocycles. The highest BCUT2D eigenvalue weighted by Crippen LogP contribution is 2.18. The van der Waals surface area contributed by atoms with Gasteiger partial charge in [-0.1, -0.05) is 60.9 Å². The number of carbonyl (C=O) groups is 2. The Hall–Kier alpha value is -4.34. The van der Waals surface area contributed by atoms with Crippen LogP contribution in [0.25, 0.3) is 0 Å². The Morgan fingerprint density at radius 1 is 1.06 bits per heavy atom. The number of aromatic nitrogens is 6. The maximum absolute atomic E-state index is 13.5. The van der Waals surface area contributed by atoms with Crippen LogP contribution < -0.4 is 4.90 Å². The Labute approximate surface area is 196 Å². The monoisotopic (exact) mass is 459 g/mol. The summed E-state index contributed by atoms with van der Waals surface area (Å²) in [6, 6.07) is 16.3. The molecular weight excluding hydrogens is 434 g/mol. The Morgan fingerprint density at radius 3 is 2.47 bits per heavy atom. The molecule has 1 amide bonds. The van der Waals surface area contributed by atoms with Crippen molar-refractivity contribution < 1.29 is 14.7 Å². The minimum atomic E-state index is -0.967. The van der Waals surface area contributed by atoms with Crippen molar-refractivity contribution in [2.75, 3.05) is 4.90 Å². The van der Waals surface area contributed by atoms with Crippen LogP contribution in [0.5, 0.6) is 0 Å². The molecule has 10 nitrogen and oxygen atoms in total. The number of tetrazole rings is 1. The first-order valence-corrected chi connectivity index (χ1v) is 11.0. The van der Waals surface area contributed by atoms with E-state index in [0.29, 0.717) is 6.54 Å². The molecule has 0 atom stereocenters. The molecule has 10 heteroatoms. The number of amides is 1. The van der Waals surface area contributed by atoms with Crippen LogP contribution in [-0.4, -0.2) is 47.2 Å². The number of nitrogens with zero attached hydrogens (tertiary/aromatic N) is 6. The summed E-state index contributed by atoms with van der Waals surface area (Å²) in [5.74, 6) is -0.336. The number of aromatic amines is 1. The average molecular weight is 460 g/mol. The molecule has 4 aromatic rings. The number of hydrogen-bond acceptors (Lipinski definition) is 6. The van der Waals surface area contributed by atoms with Crippen LogP contribution in [0, 0.1) is 0 Å². The fourth-order valence-corrected chi connectivity index (χ4v) is 3.59. The molecule has 0 radical (unpaired) electrons. The van der Waals surface area contributed by atoms with E-state index in [-0.39, 0.29) is 29.7 Å². The van der Waals surface area contributed by atoms with Gasteiger partial charge < -0.3 is 9.67 Å². The Morgan fingerprint density at radius 2 is 1.82 bits per heavy atom. The normalized spacial score (nSPS) is 10.9. The highest BCUT2D eigenvalue weighted by Gasteiger charge is 2.25. The highest BCUT2D eigenvalue weighted by molar-refractivity contribution is 6.03. The topological polar surface area (TPSA) is 130 Å². The predicted octanol–water partition coefficient (Wildman–Crippen LogP) is 3.33. The van der Waals surface area contributed by atoms with E-state index in [0.717, 1.165) is 36.2 Å². The second kappa shape index (κ2) is 10.5. The number of hydrogen-bond donors (Lipinski definition) is 2. The van der Waals surface area contributed by atoms with E-state index in [1.807, 2.05) is 34.9 Å². The lowest BCUT2D eigenvalue weighted by Crippen LogP contribution is -2.31. The molecule has 0 saturated carbocycles. The van der Waals surface area contributed by atoms with E-state index in [4.69, 9.17) is 5.11 Å². The summed E-state index contributed by atoms with van der Waals surface area (Å²) in [6.07, 6.45) is 4.38. The molecule has 2 aromatic carbocycles. The quantitative estimate of drug-likeness (QED) is 0.372. The maximum atomic E-state index is 13.5. The van der Waals surface area contributed by atoms with Crippen molar-refractivity contribution in [3.8, 4) is 0 Å². The number of unbranched alkanes of at least 4 members (excludes halogenated alkanes) is 1. The summed E-state index contributed by atoms with van der Waals surface area (Å²) in [7, 11) is 0. The summed E-state index contributed by atoms with van der Waals surface area (Å²) in [5, 5.41) is 23.1. The molecule has 34 heavy (non-hydrogen) atoms. The Bertz CT molecular complexity index is 1240. The second-order valence-electron chi connectivity index (χ2n) is 7.86. The molecule has 174 valence electrons. The largest absolute Gasteiger partial charge is 0.478 e. The highest BCUT2D eigenvalue weighted by atomic mass is 16.4. The summed E-state index contributed by atoms with van der Waals surface area (Å²) >= 11 is 0. The third-order valence-corrected chi connectivity index (χ3v) is 5.39. The van der Waals surface area contributed by atoms with Gasteiger partial charge in [-0.05, 0) is 34.9 Å². The smallest absolute Gasteiger partial charge is 0.335 e. The van der Waals surface area contributed by atoms with Crippen molar-refractivity contribution in [1.82, 2.24) is 30.2 Å². The fraction of sp³-hybridized carbons (Fsp3) is 0.250. The van der Waals surface area contributed by atoms with Gasteiger partial charge in [0, 0.05) is 19.2 Å². The summed E-state index contributed by atoms with van der Waals surface area (Å²) < 4.78 is 1.94. The first kappa shape index (κ1) is 22.8. The van der Waals surface area contributed by atoms with Crippen LogP contribution in [0.15, 0.2) is 60.8 Å². The lowest BCUT2D eigenvalue weighted by atomic mass is 10.1.